The van der Waals surface area contributed by atoms with Gasteiger partial charge >= 0.3 is 0 Å². The maximum atomic E-state index is 14.0. The first-order valence-electron chi connectivity index (χ1n) is 6.29. The predicted molar refractivity (Wildman–Crippen MR) is 89.6 cm³/mol. The van der Waals surface area contributed by atoms with E-state index >= 15 is 0 Å². The molecule has 0 unspecified atom stereocenters. The first-order valence-corrected chi connectivity index (χ1v) is 7.84. The number of ether oxygens (including phenoxy) is 2. The molecule has 0 N–H and O–H groups in total. The zero-order valence-corrected chi connectivity index (χ0v) is 15.1. The second-order valence-corrected chi connectivity index (χ2v) is 6.10. The Balaban J connectivity index is 2.58. The molecule has 0 spiro atoms. The predicted octanol–water partition coefficient (Wildman–Crippen LogP) is 5.08. The SMILES string of the molecule is CC(C)=NOCCOc1c(F)cc(OCC=C(Cl)Cl)cc1Br. The van der Waals surface area contributed by atoms with E-state index in [1.807, 2.05) is 13.8 Å². The fourth-order valence-electron chi connectivity index (χ4n) is 1.31. The van der Waals surface area contributed by atoms with E-state index in [0.29, 0.717) is 10.2 Å². The summed E-state index contributed by atoms with van der Waals surface area (Å²) in [6.07, 6.45) is 1.45. The number of hydrogen-bond acceptors (Lipinski definition) is 4. The van der Waals surface area contributed by atoms with Crippen molar-refractivity contribution in [2.24, 2.45) is 5.16 Å². The minimum atomic E-state index is -0.555. The van der Waals surface area contributed by atoms with Crippen LogP contribution < -0.4 is 9.47 Å². The van der Waals surface area contributed by atoms with Crippen LogP contribution in [0.25, 0.3) is 0 Å². The molecule has 0 fully saturated rings. The molecule has 8 heteroatoms. The van der Waals surface area contributed by atoms with Crippen LogP contribution in [0.5, 0.6) is 11.5 Å². The highest BCUT2D eigenvalue weighted by Crippen LogP contribution is 2.32. The van der Waals surface area contributed by atoms with E-state index < -0.39 is 5.82 Å². The average molecular weight is 415 g/mol. The van der Waals surface area contributed by atoms with Crippen LogP contribution >= 0.6 is 39.1 Å². The van der Waals surface area contributed by atoms with Crippen molar-refractivity contribution in [1.82, 2.24) is 0 Å². The Bertz CT molecular complexity index is 536. The van der Waals surface area contributed by atoms with Gasteiger partial charge in [0.15, 0.2) is 18.2 Å². The Hall–Kier alpha value is -0.980. The summed E-state index contributed by atoms with van der Waals surface area (Å²) in [7, 11) is 0. The maximum absolute atomic E-state index is 14.0. The molecule has 0 aliphatic carbocycles. The fraction of sp³-hybridized carbons (Fsp3) is 0.357. The van der Waals surface area contributed by atoms with Crippen molar-refractivity contribution in [3.05, 3.63) is 33.0 Å². The topological polar surface area (TPSA) is 40.0 Å². The van der Waals surface area contributed by atoms with Gasteiger partial charge in [0.1, 0.15) is 23.5 Å². The molecule has 0 bridgehead atoms. The Kier molecular flexibility index (Phi) is 8.60. The molecule has 1 aromatic carbocycles. The van der Waals surface area contributed by atoms with Gasteiger partial charge in [0.2, 0.25) is 0 Å². The van der Waals surface area contributed by atoms with Crippen molar-refractivity contribution in [3.8, 4) is 11.5 Å². The Morgan fingerprint density at radius 1 is 1.27 bits per heavy atom. The second-order valence-electron chi connectivity index (χ2n) is 4.24. The number of halogens is 4. The molecule has 22 heavy (non-hydrogen) atoms. The van der Waals surface area contributed by atoms with Crippen LogP contribution in [-0.4, -0.2) is 25.5 Å². The summed E-state index contributed by atoms with van der Waals surface area (Å²) in [5, 5.41) is 3.75. The van der Waals surface area contributed by atoms with Gasteiger partial charge in [-0.05, 0) is 41.9 Å². The van der Waals surface area contributed by atoms with Gasteiger partial charge in [0.25, 0.3) is 0 Å². The lowest BCUT2D eigenvalue weighted by Crippen LogP contribution is -2.06. The zero-order valence-electron chi connectivity index (χ0n) is 12.0. The number of rotatable bonds is 8. The summed E-state index contributed by atoms with van der Waals surface area (Å²) in [5.41, 5.74) is 0.792. The standard InChI is InChI=1S/C14H15BrCl2FNO3/c1-9(2)19-22-6-5-21-14-11(15)7-10(8-12(14)18)20-4-3-13(16)17/h3,7-8H,4-6H2,1-2H3. The molecule has 0 saturated carbocycles. The molecule has 1 rings (SSSR count). The minimum absolute atomic E-state index is 0.0825. The molecule has 0 amide bonds. The maximum Gasteiger partial charge on any atom is 0.169 e. The van der Waals surface area contributed by atoms with Gasteiger partial charge in [0, 0.05) is 6.07 Å². The molecule has 1 aromatic rings. The van der Waals surface area contributed by atoms with Crippen molar-refractivity contribution in [3.63, 3.8) is 0 Å². The fourth-order valence-corrected chi connectivity index (χ4v) is 1.97. The Labute approximate surface area is 146 Å². The van der Waals surface area contributed by atoms with Gasteiger partial charge in [-0.15, -0.1) is 0 Å². The lowest BCUT2D eigenvalue weighted by molar-refractivity contribution is 0.105. The van der Waals surface area contributed by atoms with Gasteiger partial charge in [-0.2, -0.15) is 0 Å². The molecule has 0 aliphatic heterocycles. The number of nitrogens with zero attached hydrogens (tertiary/aromatic N) is 1. The smallest absolute Gasteiger partial charge is 0.169 e. The molecule has 0 radical (unpaired) electrons. The van der Waals surface area contributed by atoms with Crippen LogP contribution in [0.3, 0.4) is 0 Å². The molecular formula is C14H15BrCl2FNO3. The van der Waals surface area contributed by atoms with Crippen molar-refractivity contribution in [2.45, 2.75) is 13.8 Å². The molecule has 0 heterocycles. The third kappa shape index (κ3) is 7.33. The van der Waals surface area contributed by atoms with Gasteiger partial charge in [-0.1, -0.05) is 28.4 Å². The number of oxime groups is 1. The van der Waals surface area contributed by atoms with Crippen molar-refractivity contribution in [2.75, 3.05) is 19.8 Å². The summed E-state index contributed by atoms with van der Waals surface area (Å²) < 4.78 is 25.1. The highest BCUT2D eigenvalue weighted by atomic mass is 79.9. The highest BCUT2D eigenvalue weighted by Gasteiger charge is 2.11. The van der Waals surface area contributed by atoms with E-state index in [9.17, 15) is 4.39 Å². The van der Waals surface area contributed by atoms with E-state index in [1.165, 1.54) is 12.1 Å². The summed E-state index contributed by atoms with van der Waals surface area (Å²) >= 11 is 14.1. The highest BCUT2D eigenvalue weighted by molar-refractivity contribution is 9.10. The van der Waals surface area contributed by atoms with Gasteiger partial charge < -0.3 is 14.3 Å². The van der Waals surface area contributed by atoms with E-state index in [-0.39, 0.29) is 30.1 Å². The van der Waals surface area contributed by atoms with Crippen LogP contribution in [0, 0.1) is 5.82 Å². The molecular weight excluding hydrogens is 400 g/mol. The van der Waals surface area contributed by atoms with Crippen LogP contribution in [0.15, 0.2) is 32.3 Å². The van der Waals surface area contributed by atoms with Crippen LogP contribution in [0.1, 0.15) is 13.8 Å². The zero-order chi connectivity index (χ0) is 16.5. The summed E-state index contributed by atoms with van der Waals surface area (Å²) in [6, 6.07) is 2.80. The van der Waals surface area contributed by atoms with E-state index in [4.69, 9.17) is 37.5 Å². The third-order valence-electron chi connectivity index (χ3n) is 2.13. The Morgan fingerprint density at radius 3 is 2.59 bits per heavy atom. The minimum Gasteiger partial charge on any atom is -0.489 e. The molecule has 0 aromatic heterocycles. The lowest BCUT2D eigenvalue weighted by Gasteiger charge is -2.11. The van der Waals surface area contributed by atoms with Crippen LogP contribution in [0.4, 0.5) is 4.39 Å². The largest absolute Gasteiger partial charge is 0.489 e. The summed E-state index contributed by atoms with van der Waals surface area (Å²) in [5.74, 6) is -0.149. The summed E-state index contributed by atoms with van der Waals surface area (Å²) in [6.45, 7) is 4.13. The number of benzene rings is 1. The first kappa shape index (κ1) is 19.1. The molecule has 4 nitrogen and oxygen atoms in total. The van der Waals surface area contributed by atoms with E-state index in [2.05, 4.69) is 21.1 Å². The first-order chi connectivity index (χ1) is 10.4. The monoisotopic (exact) mass is 413 g/mol. The van der Waals surface area contributed by atoms with Crippen LogP contribution in [0.2, 0.25) is 0 Å². The third-order valence-corrected chi connectivity index (χ3v) is 3.03. The average Bonchev–Trinajstić information content (AvgIpc) is 2.40. The van der Waals surface area contributed by atoms with Crippen molar-refractivity contribution in [1.29, 1.82) is 0 Å². The molecule has 122 valence electrons. The van der Waals surface area contributed by atoms with Gasteiger partial charge in [0.05, 0.1) is 10.2 Å². The lowest BCUT2D eigenvalue weighted by atomic mass is 10.3. The van der Waals surface area contributed by atoms with Crippen molar-refractivity contribution >= 4 is 44.8 Å². The van der Waals surface area contributed by atoms with Crippen molar-refractivity contribution < 1.29 is 18.7 Å². The second kappa shape index (κ2) is 9.92. The quantitative estimate of drug-likeness (QED) is 0.338. The van der Waals surface area contributed by atoms with E-state index in [0.717, 1.165) is 5.71 Å². The van der Waals surface area contributed by atoms with Crippen LogP contribution in [-0.2, 0) is 4.84 Å². The Morgan fingerprint density at radius 2 is 2.00 bits per heavy atom. The molecule has 0 atom stereocenters. The van der Waals surface area contributed by atoms with Gasteiger partial charge in [-0.25, -0.2) is 4.39 Å². The van der Waals surface area contributed by atoms with Gasteiger partial charge in [-0.3, -0.25) is 0 Å². The van der Waals surface area contributed by atoms with E-state index in [1.54, 1.807) is 6.07 Å². The number of hydrogen-bond donors (Lipinski definition) is 0. The summed E-state index contributed by atoms with van der Waals surface area (Å²) in [4.78, 5) is 4.96. The molecule has 0 saturated heterocycles. The molecule has 0 aliphatic rings. The normalized spacial score (nSPS) is 9.91.